The Morgan fingerprint density at radius 3 is 2.40 bits per heavy atom. The molecule has 1 heterocycles. The van der Waals surface area contributed by atoms with Crippen LogP contribution in [-0.2, 0) is 0 Å². The fourth-order valence-electron chi connectivity index (χ4n) is 0.969. The van der Waals surface area contributed by atoms with E-state index in [1.165, 1.54) is 0 Å². The van der Waals surface area contributed by atoms with Crippen molar-refractivity contribution in [3.8, 4) is 6.01 Å². The Kier molecular flexibility index (Phi) is 4.08. The third-order valence-corrected chi connectivity index (χ3v) is 1.51. The summed E-state index contributed by atoms with van der Waals surface area (Å²) in [6.07, 6.45) is 0.0478. The Hall–Kier alpha value is -1.59. The van der Waals surface area contributed by atoms with Crippen molar-refractivity contribution in [1.29, 1.82) is 0 Å². The molecule has 0 amide bonds. The molecule has 0 aromatic carbocycles. The van der Waals surface area contributed by atoms with E-state index in [0.29, 0.717) is 17.9 Å². The molecule has 6 heteroatoms. The van der Waals surface area contributed by atoms with Crippen LogP contribution in [0.15, 0.2) is 0 Å². The second kappa shape index (κ2) is 5.33. The molecule has 0 radical (unpaired) electrons. The van der Waals surface area contributed by atoms with Gasteiger partial charge in [-0.25, -0.2) is 0 Å². The van der Waals surface area contributed by atoms with Crippen molar-refractivity contribution < 1.29 is 4.74 Å². The summed E-state index contributed by atoms with van der Waals surface area (Å²) in [5.41, 5.74) is 0. The minimum atomic E-state index is 0.0478. The first-order chi connectivity index (χ1) is 7.15. The van der Waals surface area contributed by atoms with Crippen LogP contribution in [0.4, 0.5) is 11.9 Å². The molecule has 2 N–H and O–H groups in total. The molecule has 0 aliphatic carbocycles. The van der Waals surface area contributed by atoms with Crippen molar-refractivity contribution in [2.24, 2.45) is 0 Å². The Labute approximate surface area is 89.5 Å². The lowest BCUT2D eigenvalue weighted by Gasteiger charge is -2.10. The van der Waals surface area contributed by atoms with E-state index >= 15 is 0 Å². The van der Waals surface area contributed by atoms with E-state index in [9.17, 15) is 0 Å². The molecule has 0 saturated heterocycles. The van der Waals surface area contributed by atoms with Gasteiger partial charge < -0.3 is 15.4 Å². The van der Waals surface area contributed by atoms with Gasteiger partial charge in [0, 0.05) is 13.6 Å². The average Bonchev–Trinajstić information content (AvgIpc) is 2.16. The molecular formula is C9H17N5O. The van der Waals surface area contributed by atoms with E-state index < -0.39 is 0 Å². The van der Waals surface area contributed by atoms with Gasteiger partial charge in [-0.1, -0.05) is 0 Å². The largest absolute Gasteiger partial charge is 0.461 e. The van der Waals surface area contributed by atoms with Crippen molar-refractivity contribution in [3.05, 3.63) is 0 Å². The van der Waals surface area contributed by atoms with Gasteiger partial charge in [-0.15, -0.1) is 0 Å². The van der Waals surface area contributed by atoms with E-state index in [1.54, 1.807) is 7.05 Å². The van der Waals surface area contributed by atoms with Crippen LogP contribution in [0.3, 0.4) is 0 Å². The Morgan fingerprint density at radius 1 is 1.20 bits per heavy atom. The molecule has 1 rings (SSSR count). The van der Waals surface area contributed by atoms with Crippen LogP contribution < -0.4 is 15.4 Å². The summed E-state index contributed by atoms with van der Waals surface area (Å²) in [7, 11) is 1.75. The van der Waals surface area contributed by atoms with Crippen molar-refractivity contribution in [3.63, 3.8) is 0 Å². The first-order valence-electron chi connectivity index (χ1n) is 5.00. The Bertz CT molecular complexity index is 315. The lowest BCUT2D eigenvalue weighted by atomic mass is 10.5. The molecule has 0 spiro atoms. The SMILES string of the molecule is CCNc1nc(NC)nc(OC(C)C)n1. The maximum Gasteiger partial charge on any atom is 0.323 e. The molecule has 0 unspecified atom stereocenters. The summed E-state index contributed by atoms with van der Waals surface area (Å²) >= 11 is 0. The van der Waals surface area contributed by atoms with E-state index in [4.69, 9.17) is 4.74 Å². The van der Waals surface area contributed by atoms with E-state index in [2.05, 4.69) is 25.6 Å². The first kappa shape index (κ1) is 11.5. The summed E-state index contributed by atoms with van der Waals surface area (Å²) in [6.45, 7) is 6.59. The zero-order chi connectivity index (χ0) is 11.3. The smallest absolute Gasteiger partial charge is 0.323 e. The Balaban J connectivity index is 2.89. The number of nitrogens with zero attached hydrogens (tertiary/aromatic N) is 3. The number of aromatic nitrogens is 3. The molecule has 0 saturated carbocycles. The summed E-state index contributed by atoms with van der Waals surface area (Å²) in [6, 6.07) is 0.334. The third kappa shape index (κ3) is 3.57. The number of anilines is 2. The number of hydrogen-bond acceptors (Lipinski definition) is 6. The minimum absolute atomic E-state index is 0.0478. The molecule has 1 aromatic rings. The zero-order valence-electron chi connectivity index (χ0n) is 9.53. The molecule has 84 valence electrons. The number of ether oxygens (including phenoxy) is 1. The van der Waals surface area contributed by atoms with Gasteiger partial charge in [0.1, 0.15) is 0 Å². The molecule has 0 fully saturated rings. The van der Waals surface area contributed by atoms with E-state index in [-0.39, 0.29) is 6.10 Å². The van der Waals surface area contributed by atoms with Gasteiger partial charge in [0.2, 0.25) is 11.9 Å². The van der Waals surface area contributed by atoms with Gasteiger partial charge in [0.25, 0.3) is 0 Å². The molecule has 0 atom stereocenters. The average molecular weight is 211 g/mol. The molecule has 0 aliphatic rings. The normalized spacial score (nSPS) is 10.2. The van der Waals surface area contributed by atoms with Crippen molar-refractivity contribution >= 4 is 11.9 Å². The zero-order valence-corrected chi connectivity index (χ0v) is 9.53. The van der Waals surface area contributed by atoms with Crippen LogP contribution in [-0.4, -0.2) is 34.6 Å². The quantitative estimate of drug-likeness (QED) is 0.760. The van der Waals surface area contributed by atoms with Crippen molar-refractivity contribution in [2.75, 3.05) is 24.2 Å². The molecule has 0 aliphatic heterocycles. The number of hydrogen-bond donors (Lipinski definition) is 2. The summed E-state index contributed by atoms with van der Waals surface area (Å²) in [5, 5.41) is 5.87. The predicted octanol–water partition coefficient (Wildman–Crippen LogP) is 1.13. The van der Waals surface area contributed by atoms with Gasteiger partial charge in [-0.05, 0) is 20.8 Å². The molecule has 6 nitrogen and oxygen atoms in total. The van der Waals surface area contributed by atoms with Crippen molar-refractivity contribution in [2.45, 2.75) is 26.9 Å². The fourth-order valence-corrected chi connectivity index (χ4v) is 0.969. The number of nitrogens with one attached hydrogen (secondary N) is 2. The highest BCUT2D eigenvalue weighted by Crippen LogP contribution is 2.11. The predicted molar refractivity (Wildman–Crippen MR) is 59.3 cm³/mol. The van der Waals surface area contributed by atoms with Gasteiger partial charge in [-0.3, -0.25) is 0 Å². The summed E-state index contributed by atoms with van der Waals surface area (Å²) in [5.74, 6) is 1.02. The summed E-state index contributed by atoms with van der Waals surface area (Å²) < 4.78 is 5.40. The Morgan fingerprint density at radius 2 is 1.87 bits per heavy atom. The number of rotatable bonds is 5. The second-order valence-corrected chi connectivity index (χ2v) is 3.21. The van der Waals surface area contributed by atoms with Gasteiger partial charge >= 0.3 is 6.01 Å². The van der Waals surface area contributed by atoms with Gasteiger partial charge in [0.15, 0.2) is 0 Å². The first-order valence-corrected chi connectivity index (χ1v) is 5.00. The standard InChI is InChI=1S/C9H17N5O/c1-5-11-8-12-7(10-4)13-9(14-8)15-6(2)3/h6H,5H2,1-4H3,(H2,10,11,12,13,14). The lowest BCUT2D eigenvalue weighted by molar-refractivity contribution is 0.222. The lowest BCUT2D eigenvalue weighted by Crippen LogP contribution is -2.12. The maximum absolute atomic E-state index is 5.40. The highest BCUT2D eigenvalue weighted by Gasteiger charge is 2.06. The van der Waals surface area contributed by atoms with Crippen LogP contribution in [0.1, 0.15) is 20.8 Å². The van der Waals surface area contributed by atoms with Gasteiger partial charge in [0.05, 0.1) is 6.10 Å². The highest BCUT2D eigenvalue weighted by molar-refractivity contribution is 5.35. The second-order valence-electron chi connectivity index (χ2n) is 3.21. The van der Waals surface area contributed by atoms with Crippen molar-refractivity contribution in [1.82, 2.24) is 15.0 Å². The van der Waals surface area contributed by atoms with Crippen LogP contribution in [0.25, 0.3) is 0 Å². The molecule has 15 heavy (non-hydrogen) atoms. The van der Waals surface area contributed by atoms with E-state index in [1.807, 2.05) is 20.8 Å². The summed E-state index contributed by atoms with van der Waals surface area (Å²) in [4.78, 5) is 12.3. The van der Waals surface area contributed by atoms with E-state index in [0.717, 1.165) is 6.54 Å². The molecule has 1 aromatic heterocycles. The maximum atomic E-state index is 5.40. The minimum Gasteiger partial charge on any atom is -0.461 e. The third-order valence-electron chi connectivity index (χ3n) is 1.51. The molecular weight excluding hydrogens is 194 g/mol. The molecule has 0 bridgehead atoms. The van der Waals surface area contributed by atoms with Crippen LogP contribution in [0.2, 0.25) is 0 Å². The van der Waals surface area contributed by atoms with Crippen LogP contribution in [0.5, 0.6) is 6.01 Å². The van der Waals surface area contributed by atoms with Crippen LogP contribution in [0, 0.1) is 0 Å². The monoisotopic (exact) mass is 211 g/mol. The highest BCUT2D eigenvalue weighted by atomic mass is 16.5. The van der Waals surface area contributed by atoms with Gasteiger partial charge in [-0.2, -0.15) is 15.0 Å². The topological polar surface area (TPSA) is 72.0 Å². The van der Waals surface area contributed by atoms with Crippen LogP contribution >= 0.6 is 0 Å². The fraction of sp³-hybridized carbons (Fsp3) is 0.667.